The molecule has 0 aliphatic heterocycles. The van der Waals surface area contributed by atoms with Gasteiger partial charge in [0, 0.05) is 6.54 Å². The zero-order chi connectivity index (χ0) is 18.1. The Hall–Kier alpha value is -2.69. The van der Waals surface area contributed by atoms with Gasteiger partial charge in [0.2, 0.25) is 0 Å². The second kappa shape index (κ2) is 9.57. The van der Waals surface area contributed by atoms with Gasteiger partial charge in [-0.15, -0.1) is 0 Å². The predicted molar refractivity (Wildman–Crippen MR) is 99.5 cm³/mol. The van der Waals surface area contributed by atoms with E-state index in [1.54, 1.807) is 7.11 Å². The minimum Gasteiger partial charge on any atom is -0.497 e. The molecule has 5 heteroatoms. The summed E-state index contributed by atoms with van der Waals surface area (Å²) in [6, 6.07) is 13.6. The number of nitrogens with one attached hydrogen (secondary N) is 2. The minimum absolute atomic E-state index is 0.182. The number of aryl methyl sites for hydroxylation is 1. The molecular weight excluding hydrogens is 316 g/mol. The van der Waals surface area contributed by atoms with Crippen molar-refractivity contribution in [3.8, 4) is 11.5 Å². The number of carbonyl (C=O) groups excluding carboxylic acids is 1. The number of amides is 2. The summed E-state index contributed by atoms with van der Waals surface area (Å²) in [5, 5.41) is 5.64. The highest BCUT2D eigenvalue weighted by Gasteiger charge is 2.03. The highest BCUT2D eigenvalue weighted by molar-refractivity contribution is 5.73. The topological polar surface area (TPSA) is 59.6 Å². The van der Waals surface area contributed by atoms with Gasteiger partial charge in [0.25, 0.3) is 0 Å². The summed E-state index contributed by atoms with van der Waals surface area (Å²) < 4.78 is 10.8. The standard InChI is InChI=1S/C20H26N2O3/c1-15-5-4-6-19(16(15)2)25-14-13-22-20(23)21-12-11-17-7-9-18(24-3)10-8-17/h4-10H,11-14H2,1-3H3,(H2,21,22,23). The first-order valence-corrected chi connectivity index (χ1v) is 8.44. The maximum Gasteiger partial charge on any atom is 0.314 e. The quantitative estimate of drug-likeness (QED) is 0.724. The smallest absolute Gasteiger partial charge is 0.314 e. The molecule has 0 aliphatic rings. The third-order valence-corrected chi connectivity index (χ3v) is 4.06. The van der Waals surface area contributed by atoms with Crippen molar-refractivity contribution in [3.05, 3.63) is 59.2 Å². The van der Waals surface area contributed by atoms with Gasteiger partial charge in [-0.2, -0.15) is 0 Å². The molecule has 0 aromatic heterocycles. The molecule has 0 atom stereocenters. The molecule has 2 aromatic rings. The summed E-state index contributed by atoms with van der Waals surface area (Å²) in [7, 11) is 1.64. The molecule has 0 saturated heterocycles. The van der Waals surface area contributed by atoms with Crippen LogP contribution >= 0.6 is 0 Å². The van der Waals surface area contributed by atoms with E-state index in [4.69, 9.17) is 9.47 Å². The third-order valence-electron chi connectivity index (χ3n) is 4.06. The van der Waals surface area contributed by atoms with E-state index in [1.165, 1.54) is 5.56 Å². The molecule has 25 heavy (non-hydrogen) atoms. The second-order valence-corrected chi connectivity index (χ2v) is 5.83. The van der Waals surface area contributed by atoms with Gasteiger partial charge in [-0.3, -0.25) is 0 Å². The molecule has 0 radical (unpaired) electrons. The Morgan fingerprint density at radius 2 is 1.72 bits per heavy atom. The summed E-state index contributed by atoms with van der Waals surface area (Å²) in [5.41, 5.74) is 3.48. The molecule has 2 amide bonds. The van der Waals surface area contributed by atoms with E-state index in [0.29, 0.717) is 19.7 Å². The van der Waals surface area contributed by atoms with Crippen LogP contribution in [0.4, 0.5) is 4.79 Å². The van der Waals surface area contributed by atoms with Crippen LogP contribution in [-0.2, 0) is 6.42 Å². The van der Waals surface area contributed by atoms with Gasteiger partial charge in [0.05, 0.1) is 13.7 Å². The van der Waals surface area contributed by atoms with Crippen LogP contribution in [0.15, 0.2) is 42.5 Å². The lowest BCUT2D eigenvalue weighted by Crippen LogP contribution is -2.38. The monoisotopic (exact) mass is 342 g/mol. The van der Waals surface area contributed by atoms with Gasteiger partial charge in [0.1, 0.15) is 18.1 Å². The lowest BCUT2D eigenvalue weighted by atomic mass is 10.1. The number of urea groups is 1. The molecule has 134 valence electrons. The number of rotatable bonds is 8. The lowest BCUT2D eigenvalue weighted by molar-refractivity contribution is 0.236. The lowest BCUT2D eigenvalue weighted by Gasteiger charge is -2.12. The van der Waals surface area contributed by atoms with Crippen LogP contribution in [0, 0.1) is 13.8 Å². The fourth-order valence-corrected chi connectivity index (χ4v) is 2.38. The molecule has 5 nitrogen and oxygen atoms in total. The fraction of sp³-hybridized carbons (Fsp3) is 0.350. The molecule has 2 N–H and O–H groups in total. The van der Waals surface area contributed by atoms with E-state index in [2.05, 4.69) is 23.6 Å². The van der Waals surface area contributed by atoms with Crippen molar-refractivity contribution in [2.45, 2.75) is 20.3 Å². The average Bonchev–Trinajstić information content (AvgIpc) is 2.62. The molecule has 0 spiro atoms. The Labute approximate surface area is 149 Å². The van der Waals surface area contributed by atoms with Crippen LogP contribution in [-0.4, -0.2) is 32.8 Å². The Morgan fingerprint density at radius 1 is 1.00 bits per heavy atom. The van der Waals surface area contributed by atoms with Gasteiger partial charge in [-0.1, -0.05) is 24.3 Å². The van der Waals surface area contributed by atoms with Gasteiger partial charge in [0.15, 0.2) is 0 Å². The fourth-order valence-electron chi connectivity index (χ4n) is 2.38. The molecule has 0 heterocycles. The van der Waals surface area contributed by atoms with Gasteiger partial charge in [-0.25, -0.2) is 4.79 Å². The number of carbonyl (C=O) groups is 1. The number of hydrogen-bond donors (Lipinski definition) is 2. The van der Waals surface area contributed by atoms with E-state index >= 15 is 0 Å². The van der Waals surface area contributed by atoms with Crippen molar-refractivity contribution in [3.63, 3.8) is 0 Å². The Morgan fingerprint density at radius 3 is 2.44 bits per heavy atom. The summed E-state index contributed by atoms with van der Waals surface area (Å²) in [6.07, 6.45) is 0.774. The maximum absolute atomic E-state index is 11.8. The molecule has 0 fully saturated rings. The zero-order valence-electron chi connectivity index (χ0n) is 15.1. The summed E-state index contributed by atoms with van der Waals surface area (Å²) in [6.45, 7) is 5.56. The van der Waals surface area contributed by atoms with Crippen LogP contribution in [0.2, 0.25) is 0 Å². The Bertz CT molecular complexity index is 684. The normalized spacial score (nSPS) is 10.2. The molecule has 0 unspecified atom stereocenters. The number of methoxy groups -OCH3 is 1. The summed E-state index contributed by atoms with van der Waals surface area (Å²) in [4.78, 5) is 11.8. The summed E-state index contributed by atoms with van der Waals surface area (Å²) >= 11 is 0. The highest BCUT2D eigenvalue weighted by Crippen LogP contribution is 2.20. The molecule has 2 rings (SSSR count). The van der Waals surface area contributed by atoms with E-state index in [-0.39, 0.29) is 6.03 Å². The van der Waals surface area contributed by atoms with Crippen molar-refractivity contribution in [1.29, 1.82) is 0 Å². The van der Waals surface area contributed by atoms with Crippen molar-refractivity contribution in [1.82, 2.24) is 10.6 Å². The first-order chi connectivity index (χ1) is 12.1. The maximum atomic E-state index is 11.8. The molecular formula is C20H26N2O3. The molecule has 2 aromatic carbocycles. The molecule has 0 saturated carbocycles. The first-order valence-electron chi connectivity index (χ1n) is 8.44. The van der Waals surface area contributed by atoms with E-state index < -0.39 is 0 Å². The molecule has 0 bridgehead atoms. The van der Waals surface area contributed by atoms with Crippen molar-refractivity contribution >= 4 is 6.03 Å². The minimum atomic E-state index is -0.182. The van der Waals surface area contributed by atoms with E-state index in [0.717, 1.165) is 29.0 Å². The van der Waals surface area contributed by atoms with Crippen molar-refractivity contribution < 1.29 is 14.3 Å². The van der Waals surface area contributed by atoms with Gasteiger partial charge in [-0.05, 0) is 55.2 Å². The van der Waals surface area contributed by atoms with Crippen LogP contribution in [0.25, 0.3) is 0 Å². The SMILES string of the molecule is COc1ccc(CCNC(=O)NCCOc2cccc(C)c2C)cc1. The van der Waals surface area contributed by atoms with Crippen LogP contribution < -0.4 is 20.1 Å². The summed E-state index contributed by atoms with van der Waals surface area (Å²) in [5.74, 6) is 1.69. The van der Waals surface area contributed by atoms with Crippen LogP contribution in [0.3, 0.4) is 0 Å². The number of benzene rings is 2. The van der Waals surface area contributed by atoms with Crippen molar-refractivity contribution in [2.75, 3.05) is 26.8 Å². The highest BCUT2D eigenvalue weighted by atomic mass is 16.5. The number of ether oxygens (including phenoxy) is 2. The predicted octanol–water partition coefficient (Wildman–Crippen LogP) is 3.23. The Kier molecular flexibility index (Phi) is 7.14. The second-order valence-electron chi connectivity index (χ2n) is 5.83. The Balaban J connectivity index is 1.61. The van der Waals surface area contributed by atoms with Crippen molar-refractivity contribution in [2.24, 2.45) is 0 Å². The number of hydrogen-bond acceptors (Lipinski definition) is 3. The van der Waals surface area contributed by atoms with Gasteiger partial charge >= 0.3 is 6.03 Å². The van der Waals surface area contributed by atoms with Crippen LogP contribution in [0.1, 0.15) is 16.7 Å². The zero-order valence-corrected chi connectivity index (χ0v) is 15.1. The van der Waals surface area contributed by atoms with E-state index in [1.807, 2.05) is 43.3 Å². The third kappa shape index (κ3) is 6.03. The van der Waals surface area contributed by atoms with Gasteiger partial charge < -0.3 is 20.1 Å². The van der Waals surface area contributed by atoms with E-state index in [9.17, 15) is 4.79 Å². The van der Waals surface area contributed by atoms with Crippen LogP contribution in [0.5, 0.6) is 11.5 Å². The molecule has 0 aliphatic carbocycles. The largest absolute Gasteiger partial charge is 0.497 e. The first kappa shape index (κ1) is 18.6. The average molecular weight is 342 g/mol.